The predicted molar refractivity (Wildman–Crippen MR) is 74.4 cm³/mol. The number of carbonyl (C=O) groups excluding carboxylic acids is 1. The molecule has 2 heterocycles. The Morgan fingerprint density at radius 3 is 3.05 bits per heavy atom. The van der Waals surface area contributed by atoms with Crippen molar-refractivity contribution < 1.29 is 4.79 Å². The molecule has 1 aliphatic carbocycles. The van der Waals surface area contributed by atoms with Crippen LogP contribution in [0, 0.1) is 6.92 Å². The normalized spacial score (nSPS) is 15.2. The zero-order chi connectivity index (χ0) is 13.2. The molecule has 2 N–H and O–H groups in total. The second-order valence-corrected chi connectivity index (χ2v) is 6.02. The molecule has 1 amide bonds. The first kappa shape index (κ1) is 12.3. The molecule has 0 aliphatic heterocycles. The summed E-state index contributed by atoms with van der Waals surface area (Å²) < 4.78 is 0. The van der Waals surface area contributed by atoms with Crippen LogP contribution in [0.4, 0.5) is 5.95 Å². The second kappa shape index (κ2) is 5.13. The van der Waals surface area contributed by atoms with Crippen LogP contribution in [-0.4, -0.2) is 21.1 Å². The maximum Gasteiger partial charge on any atom is 0.248 e. The highest BCUT2D eigenvalue weighted by Crippen LogP contribution is 2.34. The largest absolute Gasteiger partial charge is 0.293 e. The lowest BCUT2D eigenvalue weighted by atomic mass is 9.85. The Morgan fingerprint density at radius 2 is 2.42 bits per heavy atom. The number of H-pyrrole nitrogens is 1. The van der Waals surface area contributed by atoms with Crippen molar-refractivity contribution in [2.45, 2.75) is 38.5 Å². The number of aromatic nitrogens is 3. The Kier molecular flexibility index (Phi) is 3.33. The van der Waals surface area contributed by atoms with Crippen LogP contribution in [0.1, 0.15) is 41.4 Å². The van der Waals surface area contributed by atoms with Gasteiger partial charge in [-0.05, 0) is 36.8 Å². The van der Waals surface area contributed by atoms with Crippen LogP contribution in [0.5, 0.6) is 0 Å². The molecule has 0 bridgehead atoms. The van der Waals surface area contributed by atoms with E-state index in [1.54, 1.807) is 11.3 Å². The molecule has 1 saturated carbocycles. The first-order valence-corrected chi connectivity index (χ1v) is 7.35. The quantitative estimate of drug-likeness (QED) is 0.901. The first-order chi connectivity index (χ1) is 9.22. The number of carbonyl (C=O) groups is 1. The van der Waals surface area contributed by atoms with E-state index in [2.05, 4.69) is 20.5 Å². The molecule has 19 heavy (non-hydrogen) atoms. The van der Waals surface area contributed by atoms with Gasteiger partial charge in [0.25, 0.3) is 0 Å². The molecule has 2 aromatic heterocycles. The molecule has 0 spiro atoms. The Bertz CT molecular complexity index is 585. The van der Waals surface area contributed by atoms with Crippen molar-refractivity contribution in [3.63, 3.8) is 0 Å². The maximum absolute atomic E-state index is 11.9. The summed E-state index contributed by atoms with van der Waals surface area (Å²) in [6.45, 7) is 2.02. The van der Waals surface area contributed by atoms with Crippen molar-refractivity contribution in [3.05, 3.63) is 27.7 Å². The summed E-state index contributed by atoms with van der Waals surface area (Å²) in [6, 6.07) is 1.98. The summed E-state index contributed by atoms with van der Waals surface area (Å²) in [7, 11) is 0. The number of anilines is 1. The lowest BCUT2D eigenvalue weighted by Gasteiger charge is -2.22. The molecule has 0 aromatic carbocycles. The number of hydrogen-bond acceptors (Lipinski definition) is 4. The fourth-order valence-corrected chi connectivity index (χ4v) is 2.86. The van der Waals surface area contributed by atoms with Gasteiger partial charge in [-0.25, -0.2) is 0 Å². The SMILES string of the molecule is Cc1sccc1CC(=O)Nc1n[nH]c(C2CCC2)n1. The van der Waals surface area contributed by atoms with E-state index in [9.17, 15) is 4.79 Å². The third kappa shape index (κ3) is 2.68. The standard InChI is InChI=1S/C13H16N4OS/c1-8-10(5-6-19-8)7-11(18)14-13-15-12(16-17-13)9-3-2-4-9/h5-6,9H,2-4,7H2,1H3,(H2,14,15,16,17,18). The molecule has 1 fully saturated rings. The van der Waals surface area contributed by atoms with E-state index >= 15 is 0 Å². The molecule has 0 saturated heterocycles. The third-order valence-electron chi connectivity index (χ3n) is 3.56. The van der Waals surface area contributed by atoms with Crippen LogP contribution in [0.25, 0.3) is 0 Å². The van der Waals surface area contributed by atoms with E-state index in [-0.39, 0.29) is 5.91 Å². The fourth-order valence-electron chi connectivity index (χ4n) is 2.13. The zero-order valence-electron chi connectivity index (χ0n) is 10.8. The lowest BCUT2D eigenvalue weighted by molar-refractivity contribution is -0.115. The van der Waals surface area contributed by atoms with E-state index in [1.807, 2.05) is 18.4 Å². The van der Waals surface area contributed by atoms with Crippen LogP contribution >= 0.6 is 11.3 Å². The van der Waals surface area contributed by atoms with E-state index in [0.29, 0.717) is 18.3 Å². The van der Waals surface area contributed by atoms with Gasteiger partial charge in [0.2, 0.25) is 11.9 Å². The summed E-state index contributed by atoms with van der Waals surface area (Å²) in [5.41, 5.74) is 1.07. The van der Waals surface area contributed by atoms with Crippen molar-refractivity contribution in [2.75, 3.05) is 5.32 Å². The molecule has 0 atom stereocenters. The van der Waals surface area contributed by atoms with Crippen molar-refractivity contribution in [3.8, 4) is 0 Å². The van der Waals surface area contributed by atoms with Gasteiger partial charge in [-0.3, -0.25) is 15.2 Å². The predicted octanol–water partition coefficient (Wildman–Crippen LogP) is 2.62. The molecule has 1 aliphatic rings. The number of nitrogens with one attached hydrogen (secondary N) is 2. The highest BCUT2D eigenvalue weighted by atomic mass is 32.1. The van der Waals surface area contributed by atoms with Gasteiger partial charge < -0.3 is 0 Å². The number of nitrogens with zero attached hydrogens (tertiary/aromatic N) is 2. The summed E-state index contributed by atoms with van der Waals surface area (Å²) in [5.74, 6) is 1.71. The number of rotatable bonds is 4. The van der Waals surface area contributed by atoms with Crippen molar-refractivity contribution in [1.29, 1.82) is 0 Å². The van der Waals surface area contributed by atoms with Gasteiger partial charge in [-0.1, -0.05) is 6.42 Å². The summed E-state index contributed by atoms with van der Waals surface area (Å²) in [5, 5.41) is 11.7. The highest BCUT2D eigenvalue weighted by Gasteiger charge is 2.23. The fraction of sp³-hybridized carbons (Fsp3) is 0.462. The number of aromatic amines is 1. The van der Waals surface area contributed by atoms with E-state index in [4.69, 9.17) is 0 Å². The molecular formula is C13H16N4OS. The first-order valence-electron chi connectivity index (χ1n) is 6.47. The minimum absolute atomic E-state index is 0.0688. The minimum Gasteiger partial charge on any atom is -0.293 e. The van der Waals surface area contributed by atoms with E-state index < -0.39 is 0 Å². The molecule has 3 rings (SSSR count). The van der Waals surface area contributed by atoms with Gasteiger partial charge in [-0.15, -0.1) is 16.4 Å². The summed E-state index contributed by atoms with van der Waals surface area (Å²) in [6.07, 6.45) is 3.96. The van der Waals surface area contributed by atoms with Crippen LogP contribution in [0.3, 0.4) is 0 Å². The third-order valence-corrected chi connectivity index (χ3v) is 4.45. The Labute approximate surface area is 115 Å². The monoisotopic (exact) mass is 276 g/mol. The lowest BCUT2D eigenvalue weighted by Crippen LogP contribution is -2.15. The van der Waals surface area contributed by atoms with Gasteiger partial charge in [-0.2, -0.15) is 4.98 Å². The Balaban J connectivity index is 1.60. The highest BCUT2D eigenvalue weighted by molar-refractivity contribution is 7.10. The van der Waals surface area contributed by atoms with Crippen LogP contribution in [-0.2, 0) is 11.2 Å². The Hall–Kier alpha value is -1.69. The summed E-state index contributed by atoms with van der Waals surface area (Å²) in [4.78, 5) is 17.4. The number of amides is 1. The number of hydrogen-bond donors (Lipinski definition) is 2. The van der Waals surface area contributed by atoms with Crippen LogP contribution < -0.4 is 5.32 Å². The van der Waals surface area contributed by atoms with Crippen LogP contribution in [0.15, 0.2) is 11.4 Å². The molecule has 5 nitrogen and oxygen atoms in total. The van der Waals surface area contributed by atoms with Crippen molar-refractivity contribution in [2.24, 2.45) is 0 Å². The number of thiophene rings is 1. The van der Waals surface area contributed by atoms with E-state index in [1.165, 1.54) is 11.3 Å². The maximum atomic E-state index is 11.9. The summed E-state index contributed by atoms with van der Waals surface area (Å²) >= 11 is 1.65. The molecule has 0 unspecified atom stereocenters. The molecular weight excluding hydrogens is 260 g/mol. The topological polar surface area (TPSA) is 70.7 Å². The van der Waals surface area contributed by atoms with Crippen molar-refractivity contribution in [1.82, 2.24) is 15.2 Å². The minimum atomic E-state index is -0.0688. The van der Waals surface area contributed by atoms with Gasteiger partial charge in [0.1, 0.15) is 5.82 Å². The average Bonchev–Trinajstić information content (AvgIpc) is 2.88. The average molecular weight is 276 g/mol. The van der Waals surface area contributed by atoms with Crippen LogP contribution in [0.2, 0.25) is 0 Å². The number of aryl methyl sites for hydroxylation is 1. The van der Waals surface area contributed by atoms with E-state index in [0.717, 1.165) is 24.2 Å². The molecule has 2 aromatic rings. The molecule has 6 heteroatoms. The van der Waals surface area contributed by atoms with Crippen molar-refractivity contribution >= 4 is 23.2 Å². The smallest absolute Gasteiger partial charge is 0.248 e. The second-order valence-electron chi connectivity index (χ2n) is 4.90. The van der Waals surface area contributed by atoms with Gasteiger partial charge >= 0.3 is 0 Å². The Morgan fingerprint density at radius 1 is 1.58 bits per heavy atom. The zero-order valence-corrected chi connectivity index (χ0v) is 11.6. The molecule has 100 valence electrons. The molecule has 0 radical (unpaired) electrons. The van der Waals surface area contributed by atoms with Gasteiger partial charge in [0.15, 0.2) is 0 Å². The van der Waals surface area contributed by atoms with Gasteiger partial charge in [0, 0.05) is 10.8 Å². The van der Waals surface area contributed by atoms with Gasteiger partial charge in [0.05, 0.1) is 6.42 Å².